The molecule has 0 bridgehead atoms. The summed E-state index contributed by atoms with van der Waals surface area (Å²) in [6.07, 6.45) is 5.74. The van der Waals surface area contributed by atoms with Crippen LogP contribution < -0.4 is 10.1 Å². The van der Waals surface area contributed by atoms with E-state index in [0.29, 0.717) is 6.04 Å². The molecule has 1 aliphatic carbocycles. The Labute approximate surface area is 120 Å². The molecule has 1 unspecified atom stereocenters. The molecule has 4 nitrogen and oxygen atoms in total. The summed E-state index contributed by atoms with van der Waals surface area (Å²) in [5.41, 5.74) is 1.14. The van der Waals surface area contributed by atoms with Gasteiger partial charge in [0.05, 0.1) is 13.5 Å². The van der Waals surface area contributed by atoms with Gasteiger partial charge in [0, 0.05) is 12.1 Å². The summed E-state index contributed by atoms with van der Waals surface area (Å²) >= 11 is 0. The van der Waals surface area contributed by atoms with Gasteiger partial charge in [-0.1, -0.05) is 25.0 Å². The summed E-state index contributed by atoms with van der Waals surface area (Å²) in [6, 6.07) is 8.33. The molecule has 0 heterocycles. The molecule has 1 atom stereocenters. The zero-order valence-corrected chi connectivity index (χ0v) is 12.0. The Kier molecular flexibility index (Phi) is 5.41. The van der Waals surface area contributed by atoms with Crippen molar-refractivity contribution in [1.82, 2.24) is 5.32 Å². The molecule has 0 radical (unpaired) electrons. The van der Waals surface area contributed by atoms with Crippen LogP contribution in [0.4, 0.5) is 0 Å². The molecule has 2 rings (SSSR count). The van der Waals surface area contributed by atoms with Gasteiger partial charge < -0.3 is 15.2 Å². The van der Waals surface area contributed by atoms with Crippen molar-refractivity contribution in [3.05, 3.63) is 29.8 Å². The fourth-order valence-corrected chi connectivity index (χ4v) is 2.87. The van der Waals surface area contributed by atoms with Crippen molar-refractivity contribution in [1.29, 1.82) is 0 Å². The molecule has 0 aromatic heterocycles. The van der Waals surface area contributed by atoms with E-state index in [1.165, 1.54) is 25.7 Å². The number of carboxylic acids is 1. The lowest BCUT2D eigenvalue weighted by Crippen LogP contribution is -2.39. The van der Waals surface area contributed by atoms with E-state index < -0.39 is 5.97 Å². The molecule has 2 N–H and O–H groups in total. The second kappa shape index (κ2) is 7.29. The predicted molar refractivity (Wildman–Crippen MR) is 78.1 cm³/mol. The van der Waals surface area contributed by atoms with E-state index in [0.717, 1.165) is 17.7 Å². The van der Waals surface area contributed by atoms with Gasteiger partial charge in [0.1, 0.15) is 5.75 Å². The van der Waals surface area contributed by atoms with E-state index in [1.54, 1.807) is 7.11 Å². The minimum atomic E-state index is -0.742. The number of rotatable bonds is 7. The number of carbonyl (C=O) groups is 1. The summed E-state index contributed by atoms with van der Waals surface area (Å²) in [7, 11) is 1.64. The van der Waals surface area contributed by atoms with Gasteiger partial charge in [-0.15, -0.1) is 0 Å². The van der Waals surface area contributed by atoms with Gasteiger partial charge in [0.15, 0.2) is 0 Å². The molecule has 1 aliphatic rings. The number of carboxylic acid groups (broad SMARTS) is 1. The fraction of sp³-hybridized carbons (Fsp3) is 0.562. The molecule has 0 amide bonds. The number of hydrogen-bond acceptors (Lipinski definition) is 3. The van der Waals surface area contributed by atoms with Crippen LogP contribution in [0.1, 0.15) is 37.7 Å². The molecule has 110 valence electrons. The van der Waals surface area contributed by atoms with E-state index in [2.05, 4.69) is 5.32 Å². The van der Waals surface area contributed by atoms with Gasteiger partial charge in [-0.05, 0) is 37.0 Å². The van der Waals surface area contributed by atoms with Gasteiger partial charge in [0.2, 0.25) is 0 Å². The van der Waals surface area contributed by atoms with Gasteiger partial charge in [-0.2, -0.15) is 0 Å². The molecule has 1 aromatic rings. The number of benzene rings is 1. The Morgan fingerprint density at radius 1 is 1.35 bits per heavy atom. The lowest BCUT2D eigenvalue weighted by molar-refractivity contribution is -0.137. The van der Waals surface area contributed by atoms with Crippen molar-refractivity contribution in [2.75, 3.05) is 7.11 Å². The van der Waals surface area contributed by atoms with Crippen molar-refractivity contribution >= 4 is 5.97 Å². The third-order valence-corrected chi connectivity index (χ3v) is 3.89. The average molecular weight is 277 g/mol. The molecule has 0 spiro atoms. The van der Waals surface area contributed by atoms with Crippen LogP contribution in [0.25, 0.3) is 0 Å². The number of ether oxygens (including phenoxy) is 1. The second-order valence-electron chi connectivity index (χ2n) is 5.50. The first-order valence-corrected chi connectivity index (χ1v) is 7.28. The van der Waals surface area contributed by atoms with Gasteiger partial charge in [-0.3, -0.25) is 4.79 Å². The highest BCUT2D eigenvalue weighted by Crippen LogP contribution is 2.20. The first kappa shape index (κ1) is 14.9. The highest BCUT2D eigenvalue weighted by Gasteiger charge is 2.21. The predicted octanol–water partition coefficient (Wildman–Crippen LogP) is 2.61. The van der Waals surface area contributed by atoms with E-state index in [1.807, 2.05) is 24.3 Å². The van der Waals surface area contributed by atoms with Crippen LogP contribution in [0.15, 0.2) is 24.3 Å². The second-order valence-corrected chi connectivity index (χ2v) is 5.50. The van der Waals surface area contributed by atoms with E-state index in [9.17, 15) is 4.79 Å². The van der Waals surface area contributed by atoms with Crippen LogP contribution in [-0.2, 0) is 11.2 Å². The third-order valence-electron chi connectivity index (χ3n) is 3.89. The summed E-state index contributed by atoms with van der Waals surface area (Å²) in [6.45, 7) is 0. The van der Waals surface area contributed by atoms with Crippen molar-refractivity contribution < 1.29 is 14.6 Å². The van der Waals surface area contributed by atoms with E-state index in [4.69, 9.17) is 9.84 Å². The Morgan fingerprint density at radius 3 is 2.55 bits per heavy atom. The summed E-state index contributed by atoms with van der Waals surface area (Å²) in [5.74, 6) is 0.0845. The molecule has 0 aliphatic heterocycles. The third kappa shape index (κ3) is 4.53. The topological polar surface area (TPSA) is 58.6 Å². The monoisotopic (exact) mass is 277 g/mol. The molecule has 20 heavy (non-hydrogen) atoms. The summed E-state index contributed by atoms with van der Waals surface area (Å²) in [4.78, 5) is 11.0. The number of hydrogen-bond donors (Lipinski definition) is 2. The van der Waals surface area contributed by atoms with E-state index >= 15 is 0 Å². The lowest BCUT2D eigenvalue weighted by Gasteiger charge is -2.21. The van der Waals surface area contributed by atoms with Crippen LogP contribution in [0.3, 0.4) is 0 Å². The molecule has 1 saturated carbocycles. The average Bonchev–Trinajstić information content (AvgIpc) is 2.91. The summed E-state index contributed by atoms with van der Waals surface area (Å²) < 4.78 is 5.14. The number of aliphatic carboxylic acids is 1. The molecule has 1 aromatic carbocycles. The smallest absolute Gasteiger partial charge is 0.304 e. The first-order valence-electron chi connectivity index (χ1n) is 7.28. The largest absolute Gasteiger partial charge is 0.497 e. The SMILES string of the molecule is COc1ccc(CC(CC(=O)O)NC2CCCC2)cc1. The van der Waals surface area contributed by atoms with Gasteiger partial charge >= 0.3 is 5.97 Å². The standard InChI is InChI=1S/C16H23NO3/c1-20-15-8-6-12(7-9-15)10-14(11-16(18)19)17-13-4-2-3-5-13/h6-9,13-14,17H,2-5,10-11H2,1H3,(H,18,19). The number of nitrogens with one attached hydrogen (secondary N) is 1. The first-order chi connectivity index (χ1) is 9.67. The van der Waals surface area contributed by atoms with Crippen molar-refractivity contribution in [2.24, 2.45) is 0 Å². The summed E-state index contributed by atoms with van der Waals surface area (Å²) in [5, 5.41) is 12.6. The quantitative estimate of drug-likeness (QED) is 0.804. The van der Waals surface area contributed by atoms with Crippen molar-refractivity contribution in [2.45, 2.75) is 50.6 Å². The molecule has 4 heteroatoms. The molecule has 1 fully saturated rings. The van der Waals surface area contributed by atoms with Crippen LogP contribution in [0.5, 0.6) is 5.75 Å². The number of methoxy groups -OCH3 is 1. The Bertz CT molecular complexity index is 424. The van der Waals surface area contributed by atoms with Crippen LogP contribution in [0.2, 0.25) is 0 Å². The Morgan fingerprint density at radius 2 is 2.00 bits per heavy atom. The fourth-order valence-electron chi connectivity index (χ4n) is 2.87. The maximum Gasteiger partial charge on any atom is 0.304 e. The van der Waals surface area contributed by atoms with Crippen molar-refractivity contribution in [3.63, 3.8) is 0 Å². The minimum Gasteiger partial charge on any atom is -0.497 e. The molecular weight excluding hydrogens is 254 g/mol. The normalized spacial score (nSPS) is 17.1. The highest BCUT2D eigenvalue weighted by molar-refractivity contribution is 5.67. The molecule has 0 saturated heterocycles. The zero-order chi connectivity index (χ0) is 14.4. The maximum atomic E-state index is 11.0. The lowest BCUT2D eigenvalue weighted by atomic mass is 10.0. The van der Waals surface area contributed by atoms with E-state index in [-0.39, 0.29) is 12.5 Å². The van der Waals surface area contributed by atoms with Crippen LogP contribution in [0, 0.1) is 0 Å². The Hall–Kier alpha value is -1.55. The highest BCUT2D eigenvalue weighted by atomic mass is 16.5. The van der Waals surface area contributed by atoms with Crippen LogP contribution >= 0.6 is 0 Å². The minimum absolute atomic E-state index is 0.00370. The molecular formula is C16H23NO3. The van der Waals surface area contributed by atoms with Gasteiger partial charge in [-0.25, -0.2) is 0 Å². The van der Waals surface area contributed by atoms with Crippen LogP contribution in [-0.4, -0.2) is 30.3 Å². The van der Waals surface area contributed by atoms with Crippen molar-refractivity contribution in [3.8, 4) is 5.75 Å². The Balaban J connectivity index is 1.95. The zero-order valence-electron chi connectivity index (χ0n) is 12.0. The van der Waals surface area contributed by atoms with Gasteiger partial charge in [0.25, 0.3) is 0 Å². The maximum absolute atomic E-state index is 11.0.